The number of nitrogens with one attached hydrogen (secondary N) is 1. The Morgan fingerprint density at radius 2 is 2.06 bits per heavy atom. The number of carbonyl (C=O) groups excluding carboxylic acids is 1. The number of hydrogen-bond donors (Lipinski definition) is 1. The number of rotatable bonds is 2. The highest BCUT2D eigenvalue weighted by Gasteiger charge is 2.23. The Morgan fingerprint density at radius 3 is 2.67 bits per heavy atom. The summed E-state index contributed by atoms with van der Waals surface area (Å²) in [4.78, 5) is 14.1. The fourth-order valence-corrected chi connectivity index (χ4v) is 2.30. The van der Waals surface area contributed by atoms with Crippen molar-refractivity contribution in [2.45, 2.75) is 18.9 Å². The summed E-state index contributed by atoms with van der Waals surface area (Å²) >= 11 is 5.81. The molecule has 0 unspecified atom stereocenters. The maximum Gasteiger partial charge on any atom is 0.253 e. The minimum Gasteiger partial charge on any atom is -0.337 e. The molecule has 1 amide bonds. The molecular weight excluding hydrogens is 271 g/mol. The minimum atomic E-state index is 0. The number of piperidine rings is 1. The van der Waals surface area contributed by atoms with Crippen LogP contribution < -0.4 is 5.32 Å². The molecule has 0 aliphatic carbocycles. The molecule has 1 heterocycles. The molecule has 1 saturated heterocycles. The van der Waals surface area contributed by atoms with Crippen molar-refractivity contribution < 1.29 is 4.79 Å². The quantitative estimate of drug-likeness (QED) is 0.907. The van der Waals surface area contributed by atoms with Gasteiger partial charge in [-0.1, -0.05) is 11.6 Å². The van der Waals surface area contributed by atoms with E-state index in [2.05, 4.69) is 5.32 Å². The Balaban J connectivity index is 0.00000162. The molecule has 0 radical (unpaired) electrons. The monoisotopic (exact) mass is 288 g/mol. The average Bonchev–Trinajstić information content (AvgIpc) is 2.39. The van der Waals surface area contributed by atoms with Gasteiger partial charge in [-0.3, -0.25) is 4.79 Å². The Kier molecular flexibility index (Phi) is 5.93. The highest BCUT2D eigenvalue weighted by atomic mass is 35.5. The Morgan fingerprint density at radius 1 is 1.39 bits per heavy atom. The number of likely N-dealkylation sites (tertiary alicyclic amines) is 1. The second-order valence-electron chi connectivity index (χ2n) is 4.39. The molecule has 1 aromatic carbocycles. The van der Waals surface area contributed by atoms with Crippen LogP contribution in [0.15, 0.2) is 24.3 Å². The SMILES string of the molecule is CN[C@H]1CCCN(C(=O)c2ccc(Cl)cc2)C1.Cl. The summed E-state index contributed by atoms with van der Waals surface area (Å²) in [6.45, 7) is 1.64. The molecule has 5 heteroatoms. The van der Waals surface area contributed by atoms with Crippen molar-refractivity contribution in [1.82, 2.24) is 10.2 Å². The van der Waals surface area contributed by atoms with E-state index in [1.54, 1.807) is 24.3 Å². The van der Waals surface area contributed by atoms with E-state index in [1.807, 2.05) is 11.9 Å². The van der Waals surface area contributed by atoms with E-state index < -0.39 is 0 Å². The summed E-state index contributed by atoms with van der Waals surface area (Å²) in [5.74, 6) is 0.0987. The smallest absolute Gasteiger partial charge is 0.253 e. The van der Waals surface area contributed by atoms with Gasteiger partial charge in [-0.25, -0.2) is 0 Å². The normalized spacial score (nSPS) is 19.2. The minimum absolute atomic E-state index is 0. The lowest BCUT2D eigenvalue weighted by atomic mass is 10.0. The van der Waals surface area contributed by atoms with Gasteiger partial charge < -0.3 is 10.2 Å². The fourth-order valence-electron chi connectivity index (χ4n) is 2.17. The van der Waals surface area contributed by atoms with Gasteiger partial charge >= 0.3 is 0 Å². The first kappa shape index (κ1) is 15.3. The molecule has 3 nitrogen and oxygen atoms in total. The summed E-state index contributed by atoms with van der Waals surface area (Å²) in [7, 11) is 1.95. The lowest BCUT2D eigenvalue weighted by Crippen LogP contribution is -2.46. The largest absolute Gasteiger partial charge is 0.337 e. The van der Waals surface area contributed by atoms with E-state index in [1.165, 1.54) is 0 Å². The van der Waals surface area contributed by atoms with Crippen molar-refractivity contribution in [2.75, 3.05) is 20.1 Å². The third-order valence-electron chi connectivity index (χ3n) is 3.21. The second-order valence-corrected chi connectivity index (χ2v) is 4.82. The zero-order valence-corrected chi connectivity index (χ0v) is 11.9. The Bertz CT molecular complexity index is 394. The van der Waals surface area contributed by atoms with Gasteiger partial charge in [-0.05, 0) is 44.2 Å². The maximum atomic E-state index is 12.2. The van der Waals surface area contributed by atoms with Crippen molar-refractivity contribution in [1.29, 1.82) is 0 Å². The van der Waals surface area contributed by atoms with Crippen molar-refractivity contribution in [3.05, 3.63) is 34.9 Å². The average molecular weight is 289 g/mol. The molecule has 1 fully saturated rings. The van der Waals surface area contributed by atoms with Crippen LogP contribution in [-0.4, -0.2) is 37.0 Å². The molecule has 100 valence electrons. The van der Waals surface area contributed by atoms with Crippen LogP contribution in [0, 0.1) is 0 Å². The zero-order valence-electron chi connectivity index (χ0n) is 10.4. The maximum absolute atomic E-state index is 12.2. The van der Waals surface area contributed by atoms with E-state index in [-0.39, 0.29) is 18.3 Å². The first-order valence-corrected chi connectivity index (χ1v) is 6.30. The molecule has 1 aromatic rings. The van der Waals surface area contributed by atoms with Crippen LogP contribution in [-0.2, 0) is 0 Å². The molecule has 0 saturated carbocycles. The highest BCUT2D eigenvalue weighted by Crippen LogP contribution is 2.15. The number of benzene rings is 1. The Hall–Kier alpha value is -0.770. The van der Waals surface area contributed by atoms with Crippen LogP contribution in [0.4, 0.5) is 0 Å². The summed E-state index contributed by atoms with van der Waals surface area (Å²) in [5, 5.41) is 3.89. The van der Waals surface area contributed by atoms with Crippen LogP contribution in [0.3, 0.4) is 0 Å². The molecule has 1 atom stereocenters. The van der Waals surface area contributed by atoms with E-state index in [9.17, 15) is 4.79 Å². The van der Waals surface area contributed by atoms with Crippen LogP contribution in [0.2, 0.25) is 5.02 Å². The van der Waals surface area contributed by atoms with Crippen molar-refractivity contribution in [2.24, 2.45) is 0 Å². The molecule has 2 rings (SSSR count). The van der Waals surface area contributed by atoms with Crippen molar-refractivity contribution >= 4 is 29.9 Å². The van der Waals surface area contributed by atoms with Crippen LogP contribution in [0.25, 0.3) is 0 Å². The fraction of sp³-hybridized carbons (Fsp3) is 0.462. The second kappa shape index (κ2) is 6.98. The summed E-state index contributed by atoms with van der Waals surface area (Å²) in [5.41, 5.74) is 0.714. The van der Waals surface area contributed by atoms with Gasteiger partial charge in [0.1, 0.15) is 0 Å². The first-order valence-electron chi connectivity index (χ1n) is 5.93. The molecule has 18 heavy (non-hydrogen) atoms. The predicted octanol–water partition coefficient (Wildman–Crippen LogP) is 2.59. The molecule has 1 N–H and O–H groups in total. The first-order chi connectivity index (χ1) is 8.20. The lowest BCUT2D eigenvalue weighted by Gasteiger charge is -2.32. The molecule has 1 aliphatic heterocycles. The highest BCUT2D eigenvalue weighted by molar-refractivity contribution is 6.30. The van der Waals surface area contributed by atoms with Crippen LogP contribution in [0.1, 0.15) is 23.2 Å². The topological polar surface area (TPSA) is 32.3 Å². The number of nitrogens with zero attached hydrogens (tertiary/aromatic N) is 1. The summed E-state index contributed by atoms with van der Waals surface area (Å²) in [6.07, 6.45) is 2.20. The zero-order chi connectivity index (χ0) is 12.3. The molecule has 1 aliphatic rings. The lowest BCUT2D eigenvalue weighted by molar-refractivity contribution is 0.0698. The third kappa shape index (κ3) is 3.61. The summed E-state index contributed by atoms with van der Waals surface area (Å²) in [6, 6.07) is 7.50. The number of halogens is 2. The van der Waals surface area contributed by atoms with Crippen molar-refractivity contribution in [3.63, 3.8) is 0 Å². The van der Waals surface area contributed by atoms with Gasteiger partial charge in [0, 0.05) is 29.7 Å². The number of carbonyl (C=O) groups is 1. The van der Waals surface area contributed by atoms with Crippen LogP contribution in [0.5, 0.6) is 0 Å². The van der Waals surface area contributed by atoms with Gasteiger partial charge in [-0.15, -0.1) is 12.4 Å². The van der Waals surface area contributed by atoms with Gasteiger partial charge in [0.15, 0.2) is 0 Å². The number of amides is 1. The van der Waals surface area contributed by atoms with Crippen LogP contribution >= 0.6 is 24.0 Å². The van der Waals surface area contributed by atoms with Crippen molar-refractivity contribution in [3.8, 4) is 0 Å². The van der Waals surface area contributed by atoms with Gasteiger partial charge in [-0.2, -0.15) is 0 Å². The van der Waals surface area contributed by atoms with E-state index in [0.717, 1.165) is 25.9 Å². The molecule has 0 bridgehead atoms. The Labute approximate surface area is 119 Å². The van der Waals surface area contributed by atoms with Gasteiger partial charge in [0.05, 0.1) is 0 Å². The molecular formula is C13H18Cl2N2O. The van der Waals surface area contributed by atoms with E-state index in [4.69, 9.17) is 11.6 Å². The molecule has 0 spiro atoms. The van der Waals surface area contributed by atoms with Gasteiger partial charge in [0.25, 0.3) is 5.91 Å². The standard InChI is InChI=1S/C13H17ClN2O.ClH/c1-15-12-3-2-8-16(9-12)13(17)10-4-6-11(14)7-5-10;/h4-7,12,15H,2-3,8-9H2,1H3;1H/t12-;/m0./s1. The third-order valence-corrected chi connectivity index (χ3v) is 3.46. The summed E-state index contributed by atoms with van der Waals surface area (Å²) < 4.78 is 0. The van der Waals surface area contributed by atoms with Gasteiger partial charge in [0.2, 0.25) is 0 Å². The number of likely N-dealkylation sites (N-methyl/N-ethyl adjacent to an activating group) is 1. The predicted molar refractivity (Wildman–Crippen MR) is 76.7 cm³/mol. The molecule has 0 aromatic heterocycles. The number of hydrogen-bond acceptors (Lipinski definition) is 2. The van der Waals surface area contributed by atoms with E-state index in [0.29, 0.717) is 16.6 Å². The van der Waals surface area contributed by atoms with E-state index >= 15 is 0 Å².